The zero-order valence-corrected chi connectivity index (χ0v) is 16.7. The number of rotatable bonds is 8. The molecule has 29 heavy (non-hydrogen) atoms. The van der Waals surface area contributed by atoms with Gasteiger partial charge >= 0.3 is 0 Å². The maximum absolute atomic E-state index is 13.0. The molecule has 2 heterocycles. The average molecular weight is 421 g/mol. The van der Waals surface area contributed by atoms with Crippen LogP contribution in [0.1, 0.15) is 59.2 Å². The second-order valence-electron chi connectivity index (χ2n) is 7.15. The summed E-state index contributed by atoms with van der Waals surface area (Å²) < 4.78 is 25.7. The molecule has 2 aliphatic rings. The lowest BCUT2D eigenvalue weighted by Crippen LogP contribution is -2.54. The summed E-state index contributed by atoms with van der Waals surface area (Å²) in [7, 11) is -3.79. The molecule has 1 fully saturated rings. The van der Waals surface area contributed by atoms with Gasteiger partial charge in [0.25, 0.3) is 11.8 Å². The number of hydrogen-bond donors (Lipinski definition) is 2. The predicted octanol–water partition coefficient (Wildman–Crippen LogP) is 0.381. The van der Waals surface area contributed by atoms with Crippen molar-refractivity contribution in [3.8, 4) is 0 Å². The molecule has 0 bridgehead atoms. The van der Waals surface area contributed by atoms with E-state index in [0.717, 1.165) is 17.7 Å². The van der Waals surface area contributed by atoms with Gasteiger partial charge in [-0.05, 0) is 37.9 Å². The Hall–Kier alpha value is -2.59. The maximum Gasteiger partial charge on any atom is 0.263 e. The number of benzene rings is 1. The van der Waals surface area contributed by atoms with Crippen LogP contribution in [0.2, 0.25) is 0 Å². The topological polar surface area (TPSA) is 144 Å². The Morgan fingerprint density at radius 2 is 1.76 bits per heavy atom. The highest BCUT2D eigenvalue weighted by atomic mass is 32.2. The SMILES string of the molecule is NCCCCCCS(=O)(=O)c1cccc2c1C(=O)N(C1CCC(=O)NC1=O)C2=O. The molecule has 0 aromatic heterocycles. The van der Waals surface area contributed by atoms with Gasteiger partial charge in [0.15, 0.2) is 9.84 Å². The first-order valence-electron chi connectivity index (χ1n) is 9.55. The third kappa shape index (κ3) is 4.08. The van der Waals surface area contributed by atoms with E-state index in [1.54, 1.807) is 0 Å². The summed E-state index contributed by atoms with van der Waals surface area (Å²) in [6.45, 7) is 0.547. The Balaban J connectivity index is 1.86. The molecule has 4 amide bonds. The van der Waals surface area contributed by atoms with Crippen molar-refractivity contribution < 1.29 is 27.6 Å². The monoisotopic (exact) mass is 421 g/mol. The average Bonchev–Trinajstić information content (AvgIpc) is 2.93. The Kier molecular flexibility index (Phi) is 6.13. The summed E-state index contributed by atoms with van der Waals surface area (Å²) in [6.07, 6.45) is 2.76. The van der Waals surface area contributed by atoms with E-state index in [9.17, 15) is 27.6 Å². The molecule has 1 unspecified atom stereocenters. The quantitative estimate of drug-likeness (QED) is 0.456. The highest BCUT2D eigenvalue weighted by molar-refractivity contribution is 7.91. The number of nitrogens with two attached hydrogens (primary N) is 1. The number of nitrogens with zero attached hydrogens (tertiary/aromatic N) is 1. The molecule has 3 N–H and O–H groups in total. The first-order valence-corrected chi connectivity index (χ1v) is 11.2. The molecule has 0 saturated carbocycles. The van der Waals surface area contributed by atoms with Crippen LogP contribution < -0.4 is 11.1 Å². The van der Waals surface area contributed by atoms with Crippen molar-refractivity contribution in [3.05, 3.63) is 29.3 Å². The fourth-order valence-corrected chi connectivity index (χ4v) is 5.24. The second-order valence-corrected chi connectivity index (χ2v) is 9.23. The van der Waals surface area contributed by atoms with Crippen LogP contribution in [0.4, 0.5) is 0 Å². The number of carbonyl (C=O) groups is 4. The predicted molar refractivity (Wildman–Crippen MR) is 103 cm³/mol. The van der Waals surface area contributed by atoms with Gasteiger partial charge in [-0.3, -0.25) is 29.4 Å². The van der Waals surface area contributed by atoms with E-state index >= 15 is 0 Å². The minimum absolute atomic E-state index is 0.00221. The third-order valence-electron chi connectivity index (χ3n) is 5.13. The number of carbonyl (C=O) groups excluding carboxylic acids is 4. The molecule has 156 valence electrons. The van der Waals surface area contributed by atoms with Crippen LogP contribution in [0.25, 0.3) is 0 Å². The molecular formula is C19H23N3O6S. The van der Waals surface area contributed by atoms with Gasteiger partial charge in [-0.1, -0.05) is 18.9 Å². The van der Waals surface area contributed by atoms with Crippen LogP contribution in [0.3, 0.4) is 0 Å². The van der Waals surface area contributed by atoms with Crippen molar-refractivity contribution in [3.63, 3.8) is 0 Å². The van der Waals surface area contributed by atoms with Crippen molar-refractivity contribution in [2.45, 2.75) is 49.5 Å². The van der Waals surface area contributed by atoms with Gasteiger partial charge in [-0.25, -0.2) is 8.42 Å². The highest BCUT2D eigenvalue weighted by Gasteiger charge is 2.46. The molecule has 2 aliphatic heterocycles. The number of hydrogen-bond acceptors (Lipinski definition) is 7. The van der Waals surface area contributed by atoms with Crippen molar-refractivity contribution in [1.82, 2.24) is 10.2 Å². The zero-order valence-electron chi connectivity index (χ0n) is 15.8. The number of sulfone groups is 1. The molecule has 9 nitrogen and oxygen atoms in total. The summed E-state index contributed by atoms with van der Waals surface area (Å²) in [5.41, 5.74) is 5.20. The van der Waals surface area contributed by atoms with Crippen molar-refractivity contribution in [1.29, 1.82) is 0 Å². The molecule has 0 spiro atoms. The van der Waals surface area contributed by atoms with Gasteiger partial charge in [-0.2, -0.15) is 0 Å². The molecule has 1 aromatic rings. The molecule has 0 radical (unpaired) electrons. The minimum atomic E-state index is -3.79. The smallest absolute Gasteiger partial charge is 0.263 e. The van der Waals surface area contributed by atoms with Crippen LogP contribution in [0, 0.1) is 0 Å². The van der Waals surface area contributed by atoms with Crippen LogP contribution in [-0.4, -0.2) is 55.3 Å². The lowest BCUT2D eigenvalue weighted by Gasteiger charge is -2.27. The van der Waals surface area contributed by atoms with Gasteiger partial charge in [0.2, 0.25) is 11.8 Å². The van der Waals surface area contributed by atoms with E-state index in [2.05, 4.69) is 5.32 Å². The molecule has 1 saturated heterocycles. The molecule has 0 aliphatic carbocycles. The van der Waals surface area contributed by atoms with Crippen LogP contribution >= 0.6 is 0 Å². The van der Waals surface area contributed by atoms with Crippen molar-refractivity contribution >= 4 is 33.5 Å². The Labute approximate surface area is 168 Å². The Morgan fingerprint density at radius 3 is 2.45 bits per heavy atom. The summed E-state index contributed by atoms with van der Waals surface area (Å²) in [4.78, 5) is 49.8. The number of unbranched alkanes of at least 4 members (excludes halogenated alkanes) is 3. The van der Waals surface area contributed by atoms with Crippen LogP contribution in [0.5, 0.6) is 0 Å². The normalized spacial score (nSPS) is 19.5. The first-order chi connectivity index (χ1) is 13.8. The van der Waals surface area contributed by atoms with E-state index in [0.29, 0.717) is 19.4 Å². The number of nitrogens with one attached hydrogen (secondary N) is 1. The molecule has 1 atom stereocenters. The molecule has 10 heteroatoms. The maximum atomic E-state index is 13.0. The van der Waals surface area contributed by atoms with Crippen molar-refractivity contribution in [2.24, 2.45) is 5.73 Å². The lowest BCUT2D eigenvalue weighted by molar-refractivity contribution is -0.136. The molecule has 3 rings (SSSR count). The summed E-state index contributed by atoms with van der Waals surface area (Å²) in [6, 6.07) is 2.97. The summed E-state index contributed by atoms with van der Waals surface area (Å²) >= 11 is 0. The number of imide groups is 2. The highest BCUT2D eigenvalue weighted by Crippen LogP contribution is 2.32. The van der Waals surface area contributed by atoms with E-state index < -0.39 is 39.5 Å². The first kappa shape index (κ1) is 21.1. The van der Waals surface area contributed by atoms with E-state index in [1.165, 1.54) is 18.2 Å². The number of piperidine rings is 1. The largest absolute Gasteiger partial charge is 0.330 e. The van der Waals surface area contributed by atoms with Gasteiger partial charge in [0.1, 0.15) is 6.04 Å². The van der Waals surface area contributed by atoms with Crippen LogP contribution in [0.15, 0.2) is 23.1 Å². The fourth-order valence-electron chi connectivity index (χ4n) is 3.64. The molecular weight excluding hydrogens is 398 g/mol. The standard InChI is InChI=1S/C19H23N3O6S/c20-10-3-1-2-4-11-29(27,28)14-7-5-6-12-16(14)19(26)22(18(12)25)13-8-9-15(23)21-17(13)24/h5-7,13H,1-4,8-11,20H2,(H,21,23,24). The van der Waals surface area contributed by atoms with Crippen LogP contribution in [-0.2, 0) is 19.4 Å². The van der Waals surface area contributed by atoms with E-state index in [-0.39, 0.29) is 34.6 Å². The van der Waals surface area contributed by atoms with E-state index in [1.807, 2.05) is 0 Å². The Morgan fingerprint density at radius 1 is 1.03 bits per heavy atom. The van der Waals surface area contributed by atoms with E-state index in [4.69, 9.17) is 5.73 Å². The van der Waals surface area contributed by atoms with Gasteiger partial charge in [0, 0.05) is 6.42 Å². The minimum Gasteiger partial charge on any atom is -0.330 e. The van der Waals surface area contributed by atoms with Gasteiger partial charge < -0.3 is 5.73 Å². The second kappa shape index (κ2) is 8.42. The molecule has 1 aromatic carbocycles. The van der Waals surface area contributed by atoms with Gasteiger partial charge in [0.05, 0.1) is 21.8 Å². The summed E-state index contributed by atoms with van der Waals surface area (Å²) in [5.74, 6) is -2.89. The summed E-state index contributed by atoms with van der Waals surface area (Å²) in [5, 5.41) is 2.11. The van der Waals surface area contributed by atoms with Crippen molar-refractivity contribution in [2.75, 3.05) is 12.3 Å². The third-order valence-corrected chi connectivity index (χ3v) is 6.97. The number of amides is 4. The Bertz CT molecular complexity index is 972. The van der Waals surface area contributed by atoms with Gasteiger partial charge in [-0.15, -0.1) is 0 Å². The number of fused-ring (bicyclic) bond motifs is 1. The fraction of sp³-hybridized carbons (Fsp3) is 0.474. The zero-order chi connectivity index (χ0) is 21.2. The lowest BCUT2D eigenvalue weighted by atomic mass is 10.0.